The number of aromatic nitrogens is 9. The minimum absolute atomic E-state index is 0. The van der Waals surface area contributed by atoms with Gasteiger partial charge < -0.3 is 0 Å². The van der Waals surface area contributed by atoms with Crippen LogP contribution in [0.25, 0.3) is 0 Å². The zero-order chi connectivity index (χ0) is 46.2. The monoisotopic (exact) mass is 999 g/mol. The molecule has 0 spiro atoms. The maximum Gasteiger partial charge on any atom is 0.336 e. The van der Waals surface area contributed by atoms with E-state index in [1.165, 1.54) is 4.57 Å². The molecule has 0 saturated heterocycles. The van der Waals surface area contributed by atoms with E-state index in [9.17, 15) is 43.2 Å². The lowest BCUT2D eigenvalue weighted by Gasteiger charge is -2.14. The maximum atomic E-state index is 12.9. The van der Waals surface area contributed by atoms with Gasteiger partial charge in [-0.05, 0) is 98.1 Å². The van der Waals surface area contributed by atoms with Gasteiger partial charge in [-0.25, -0.2) is 84.3 Å². The summed E-state index contributed by atoms with van der Waals surface area (Å²) >= 11 is 22.3. The summed E-state index contributed by atoms with van der Waals surface area (Å²) in [4.78, 5) is 114. The Morgan fingerprint density at radius 3 is 0.619 bits per heavy atom. The first kappa shape index (κ1) is 58.3. The second-order valence-corrected chi connectivity index (χ2v) is 17.8. The number of hydrogen-bond acceptors (Lipinski definition) is 15. The third kappa shape index (κ3) is 16.9. The molecule has 63 heavy (non-hydrogen) atoms. The number of thioether (sulfide) groups is 1. The molecule has 0 fully saturated rings. The van der Waals surface area contributed by atoms with Gasteiger partial charge in [0.1, 0.15) is 0 Å². The van der Waals surface area contributed by atoms with E-state index in [-0.39, 0.29) is 59.8 Å². The number of unbranched alkanes of at least 4 members (excludes halogenated alkanes) is 2. The van der Waals surface area contributed by atoms with E-state index in [0.717, 1.165) is 55.8 Å². The zero-order valence-electron chi connectivity index (χ0n) is 35.9. The Labute approximate surface area is 399 Å². The van der Waals surface area contributed by atoms with E-state index in [0.29, 0.717) is 98.2 Å². The van der Waals surface area contributed by atoms with Crippen molar-refractivity contribution >= 4 is 74.9 Å². The highest BCUT2D eigenvalue weighted by Crippen LogP contribution is 2.06. The molecule has 0 amide bonds. The lowest BCUT2D eigenvalue weighted by atomic mass is 10.3. The number of hydrogen-bond donors (Lipinski definition) is 5. The van der Waals surface area contributed by atoms with Gasteiger partial charge in [0.2, 0.25) is 0 Å². The smallest absolute Gasteiger partial charge is 0.247 e. The van der Waals surface area contributed by atoms with Gasteiger partial charge in [0.05, 0.1) is 0 Å². The molecule has 0 aromatic carbocycles. The highest BCUT2D eigenvalue weighted by molar-refractivity contribution is 7.99. The van der Waals surface area contributed by atoms with Crippen molar-refractivity contribution in [1.29, 1.82) is 0 Å². The van der Waals surface area contributed by atoms with Crippen molar-refractivity contribution in [2.45, 2.75) is 151 Å². The van der Waals surface area contributed by atoms with Crippen LogP contribution < -0.4 is 51.2 Å². The molecule has 24 heteroatoms. The summed E-state index contributed by atoms with van der Waals surface area (Å²) in [5.74, 6) is 3.96. The molecule has 0 saturated carbocycles. The lowest BCUT2D eigenvalue weighted by Crippen LogP contribution is -2.54. The van der Waals surface area contributed by atoms with Crippen LogP contribution in [-0.4, -0.2) is 81.4 Å². The van der Waals surface area contributed by atoms with Gasteiger partial charge in [-0.15, -0.1) is 0 Å². The molecule has 360 valence electrons. The van der Waals surface area contributed by atoms with Crippen molar-refractivity contribution in [3.63, 3.8) is 0 Å². The number of thiol groups is 5. The molecule has 0 unspecified atom stereocenters. The topological polar surface area (TPSA) is 198 Å². The molecule has 0 N–H and O–H groups in total. The van der Waals surface area contributed by atoms with Gasteiger partial charge in [-0.3, -0.25) is 0 Å². The average molecular weight is 1000 g/mol. The van der Waals surface area contributed by atoms with Crippen LogP contribution in [0.3, 0.4) is 0 Å². The van der Waals surface area contributed by atoms with Gasteiger partial charge >= 0.3 is 51.2 Å². The highest BCUT2D eigenvalue weighted by Gasteiger charge is 2.18. The zero-order valence-corrected chi connectivity index (χ0v) is 41.2. The van der Waals surface area contributed by atoms with Crippen molar-refractivity contribution in [3.8, 4) is 0 Å². The van der Waals surface area contributed by atoms with E-state index >= 15 is 0 Å². The summed E-state index contributed by atoms with van der Waals surface area (Å²) in [7, 11) is 0. The normalized spacial score (nSPS) is 11.1. The largest absolute Gasteiger partial charge is 0.336 e. The second kappa shape index (κ2) is 32.1. The molecule has 18 nitrogen and oxygen atoms in total. The van der Waals surface area contributed by atoms with Crippen LogP contribution in [0.4, 0.5) is 0 Å². The predicted octanol–water partition coefficient (Wildman–Crippen LogP) is 1.88. The van der Waals surface area contributed by atoms with Crippen molar-refractivity contribution in [3.05, 3.63) is 94.4 Å². The Bertz CT molecular complexity index is 2080. The van der Waals surface area contributed by atoms with Crippen LogP contribution in [0, 0.1) is 0 Å². The van der Waals surface area contributed by atoms with Crippen LogP contribution >= 0.6 is 74.9 Å². The van der Waals surface area contributed by atoms with E-state index in [2.05, 4.69) is 63.1 Å². The Morgan fingerprint density at radius 2 is 0.460 bits per heavy atom. The van der Waals surface area contributed by atoms with E-state index in [1.54, 1.807) is 11.8 Å². The van der Waals surface area contributed by atoms with Crippen LogP contribution in [0.1, 0.15) is 91.9 Å². The first-order valence-corrected chi connectivity index (χ1v) is 25.6. The molecule has 0 radical (unpaired) electrons. The minimum atomic E-state index is -0.610. The first-order chi connectivity index (χ1) is 29.8. The second-order valence-electron chi connectivity index (χ2n) is 14.3. The maximum absolute atomic E-state index is 12.9. The van der Waals surface area contributed by atoms with Gasteiger partial charge in [-0.1, -0.05) is 34.1 Å². The van der Waals surface area contributed by atoms with E-state index < -0.39 is 51.2 Å². The fourth-order valence-electron chi connectivity index (χ4n) is 6.30. The molecule has 0 aliphatic heterocycles. The minimum Gasteiger partial charge on any atom is -0.247 e. The lowest BCUT2D eigenvalue weighted by molar-refractivity contribution is 0.434. The summed E-state index contributed by atoms with van der Waals surface area (Å²) in [5.41, 5.74) is -5.12. The van der Waals surface area contributed by atoms with Crippen LogP contribution in [0.15, 0.2) is 43.2 Å². The van der Waals surface area contributed by atoms with Crippen molar-refractivity contribution in [2.24, 2.45) is 0 Å². The van der Waals surface area contributed by atoms with Gasteiger partial charge in [0, 0.05) is 58.9 Å². The standard InChI is InChI=1S/C25H42N6O6S4.C13H23N3O3S2.CH4/c1-2-3-9-26-20(32)27(10-4-15-38)23(35)30(21(26)33)13-7-18-41-19-8-14-31-24(36)28(11-5-16-39)22(34)29(25(31)37)12-6-17-40;1-2-3-6-14-11(17)15(7-4-9-20)13(19)16(12(14)18)8-5-10-21;/h38-40H,2-19H2,1H3;20-21H,2-10H2,1H3;1H4. The van der Waals surface area contributed by atoms with Gasteiger partial charge in [0.15, 0.2) is 0 Å². The molecule has 3 rings (SSSR count). The van der Waals surface area contributed by atoms with Gasteiger partial charge in [-0.2, -0.15) is 74.9 Å². The molecular weight excluding hydrogens is 931 g/mol. The van der Waals surface area contributed by atoms with Gasteiger partial charge in [0.25, 0.3) is 0 Å². The molecule has 0 bridgehead atoms. The Balaban J connectivity index is 0.000000759. The van der Waals surface area contributed by atoms with Crippen LogP contribution in [0.5, 0.6) is 0 Å². The van der Waals surface area contributed by atoms with Crippen molar-refractivity contribution in [1.82, 2.24) is 41.1 Å². The van der Waals surface area contributed by atoms with Crippen molar-refractivity contribution < 1.29 is 0 Å². The Hall–Kier alpha value is -2.67. The average Bonchev–Trinajstić information content (AvgIpc) is 3.25. The summed E-state index contributed by atoms with van der Waals surface area (Å²) in [6.45, 7) is 6.08. The predicted molar refractivity (Wildman–Crippen MR) is 273 cm³/mol. The summed E-state index contributed by atoms with van der Waals surface area (Å²) in [5, 5.41) is 0. The molecule has 0 atom stereocenters. The van der Waals surface area contributed by atoms with Crippen molar-refractivity contribution in [2.75, 3.05) is 40.3 Å². The fraction of sp³-hybridized carbons (Fsp3) is 0.769. The quantitative estimate of drug-likeness (QED) is 0.0506. The number of rotatable bonds is 29. The first-order valence-electron chi connectivity index (χ1n) is 21.3. The Morgan fingerprint density at radius 1 is 0.302 bits per heavy atom. The molecule has 3 aromatic rings. The fourth-order valence-corrected chi connectivity index (χ4v) is 7.88. The molecule has 0 aliphatic carbocycles. The third-order valence-corrected chi connectivity index (χ3v) is 12.4. The summed E-state index contributed by atoms with van der Waals surface area (Å²) in [6.07, 6.45) is 6.93. The molecule has 3 aromatic heterocycles. The van der Waals surface area contributed by atoms with Crippen LogP contribution in [-0.2, 0) is 58.9 Å². The molecule has 3 heterocycles. The third-order valence-electron chi connectivity index (χ3n) is 9.67. The number of nitrogens with zero attached hydrogens (tertiary/aromatic N) is 9. The summed E-state index contributed by atoms with van der Waals surface area (Å²) in [6, 6.07) is 0. The van der Waals surface area contributed by atoms with E-state index in [1.807, 2.05) is 13.8 Å². The SMILES string of the molecule is C.CCCCn1c(=O)n(CCCS)c(=O)n(CCCS)c1=O.CCCCn1c(=O)n(CCCS)c(=O)n(CCCSCCCn2c(=O)n(CCCS)c(=O)n(CCCS)c2=O)c1=O. The molecular formula is C39H69N9O9S6. The highest BCUT2D eigenvalue weighted by atomic mass is 32.2. The summed E-state index contributed by atoms with van der Waals surface area (Å²) < 4.78 is 10.2. The molecule has 0 aliphatic rings. The van der Waals surface area contributed by atoms with E-state index in [4.69, 9.17) is 0 Å². The Kier molecular flexibility index (Phi) is 29.7. The van der Waals surface area contributed by atoms with Crippen LogP contribution in [0.2, 0.25) is 0 Å².